The number of halogens is 1. The predicted molar refractivity (Wildman–Crippen MR) is 88.6 cm³/mol. The first-order valence-electron chi connectivity index (χ1n) is 8.35. The van der Waals surface area contributed by atoms with Gasteiger partial charge in [0.15, 0.2) is 11.5 Å². The second kappa shape index (κ2) is 9.19. The smallest absolute Gasteiger partial charge is 0.161 e. The van der Waals surface area contributed by atoms with Crippen LogP contribution in [0.15, 0.2) is 18.2 Å². The summed E-state index contributed by atoms with van der Waals surface area (Å²) in [6.07, 6.45) is 10.3. The number of unbranched alkanes of at least 4 members (excludes halogenated alkanes) is 6. The molecular weight excluding hydrogens is 284 g/mol. The van der Waals surface area contributed by atoms with E-state index in [1.54, 1.807) is 0 Å². The summed E-state index contributed by atoms with van der Waals surface area (Å²) in [6, 6.07) is 6.07. The third-order valence-electron chi connectivity index (χ3n) is 3.99. The fraction of sp³-hybridized carbons (Fsp3) is 0.667. The third kappa shape index (κ3) is 5.43. The lowest BCUT2D eigenvalue weighted by Crippen LogP contribution is -2.15. The van der Waals surface area contributed by atoms with Crippen LogP contribution in [0.2, 0.25) is 0 Å². The van der Waals surface area contributed by atoms with Gasteiger partial charge >= 0.3 is 0 Å². The number of benzene rings is 1. The maximum Gasteiger partial charge on any atom is 0.161 e. The summed E-state index contributed by atoms with van der Waals surface area (Å²) in [5, 5.41) is 0.0801. The Morgan fingerprint density at radius 2 is 1.62 bits per heavy atom. The molecule has 2 nitrogen and oxygen atoms in total. The quantitative estimate of drug-likeness (QED) is 0.419. The van der Waals surface area contributed by atoms with Crippen LogP contribution in [0.25, 0.3) is 0 Å². The van der Waals surface area contributed by atoms with Gasteiger partial charge in [0.1, 0.15) is 13.2 Å². The topological polar surface area (TPSA) is 18.5 Å². The minimum atomic E-state index is 0.0801. The highest BCUT2D eigenvalue weighted by Crippen LogP contribution is 2.36. The van der Waals surface area contributed by atoms with Gasteiger partial charge in [-0.3, -0.25) is 0 Å². The van der Waals surface area contributed by atoms with Gasteiger partial charge in [0, 0.05) is 0 Å². The Bertz CT molecular complexity index is 420. The van der Waals surface area contributed by atoms with E-state index in [9.17, 15) is 0 Å². The minimum absolute atomic E-state index is 0.0801. The van der Waals surface area contributed by atoms with Crippen molar-refractivity contribution < 1.29 is 9.47 Å². The van der Waals surface area contributed by atoms with Crippen molar-refractivity contribution in [1.82, 2.24) is 0 Å². The number of fused-ring (bicyclic) bond motifs is 1. The van der Waals surface area contributed by atoms with Crippen LogP contribution in [0.5, 0.6) is 11.5 Å². The van der Waals surface area contributed by atoms with Crippen molar-refractivity contribution >= 4 is 11.6 Å². The molecule has 0 bridgehead atoms. The van der Waals surface area contributed by atoms with Gasteiger partial charge in [-0.15, -0.1) is 11.6 Å². The third-order valence-corrected chi connectivity index (χ3v) is 4.46. The van der Waals surface area contributed by atoms with E-state index in [2.05, 4.69) is 13.0 Å². The molecule has 21 heavy (non-hydrogen) atoms. The standard InChI is InChI=1S/C18H27ClO2/c1-2-3-4-5-6-7-8-9-16(19)15-10-11-17-18(14-15)21-13-12-20-17/h10-11,14,16H,2-9,12-13H2,1H3. The molecule has 0 aromatic heterocycles. The van der Waals surface area contributed by atoms with E-state index in [0.29, 0.717) is 13.2 Å². The Balaban J connectivity index is 1.69. The van der Waals surface area contributed by atoms with Crippen molar-refractivity contribution in [1.29, 1.82) is 0 Å². The molecular formula is C18H27ClO2. The van der Waals surface area contributed by atoms with Crippen molar-refractivity contribution in [3.05, 3.63) is 23.8 Å². The van der Waals surface area contributed by atoms with E-state index in [-0.39, 0.29) is 5.38 Å². The minimum Gasteiger partial charge on any atom is -0.486 e. The Morgan fingerprint density at radius 1 is 0.952 bits per heavy atom. The summed E-state index contributed by atoms with van der Waals surface area (Å²) < 4.78 is 11.1. The fourth-order valence-electron chi connectivity index (χ4n) is 2.70. The van der Waals surface area contributed by atoms with Gasteiger partial charge in [0.2, 0.25) is 0 Å². The highest BCUT2D eigenvalue weighted by atomic mass is 35.5. The zero-order valence-electron chi connectivity index (χ0n) is 13.1. The molecule has 1 atom stereocenters. The maximum absolute atomic E-state index is 6.51. The molecule has 1 aliphatic heterocycles. The molecule has 1 aromatic carbocycles. The van der Waals surface area contributed by atoms with Crippen molar-refractivity contribution in [2.24, 2.45) is 0 Å². The van der Waals surface area contributed by atoms with Crippen molar-refractivity contribution in [2.45, 2.75) is 63.7 Å². The molecule has 1 aliphatic rings. The summed E-state index contributed by atoms with van der Waals surface area (Å²) in [5.74, 6) is 1.67. The van der Waals surface area contributed by atoms with Gasteiger partial charge in [-0.2, -0.15) is 0 Å². The van der Waals surface area contributed by atoms with Crippen LogP contribution >= 0.6 is 11.6 Å². The average Bonchev–Trinajstić information content (AvgIpc) is 2.53. The highest BCUT2D eigenvalue weighted by molar-refractivity contribution is 6.20. The first-order valence-corrected chi connectivity index (χ1v) is 8.78. The number of alkyl halides is 1. The number of hydrogen-bond donors (Lipinski definition) is 0. The van der Waals surface area contributed by atoms with Gasteiger partial charge in [-0.25, -0.2) is 0 Å². The molecule has 0 aliphatic carbocycles. The SMILES string of the molecule is CCCCCCCCCC(Cl)c1ccc2c(c1)OCCO2. The van der Waals surface area contributed by atoms with Gasteiger partial charge in [0.05, 0.1) is 5.38 Å². The van der Waals surface area contributed by atoms with Crippen LogP contribution in [0, 0.1) is 0 Å². The molecule has 0 fully saturated rings. The van der Waals surface area contributed by atoms with Crippen LogP contribution in [0.4, 0.5) is 0 Å². The van der Waals surface area contributed by atoms with E-state index in [1.807, 2.05) is 12.1 Å². The number of hydrogen-bond acceptors (Lipinski definition) is 2. The van der Waals surface area contributed by atoms with E-state index in [0.717, 1.165) is 23.5 Å². The summed E-state index contributed by atoms with van der Waals surface area (Å²) in [5.41, 5.74) is 1.15. The monoisotopic (exact) mass is 310 g/mol. The van der Waals surface area contributed by atoms with Crippen molar-refractivity contribution in [3.63, 3.8) is 0 Å². The summed E-state index contributed by atoms with van der Waals surface area (Å²) in [4.78, 5) is 0. The Morgan fingerprint density at radius 3 is 2.38 bits per heavy atom. The van der Waals surface area contributed by atoms with Crippen LogP contribution in [0.1, 0.15) is 69.2 Å². The molecule has 1 heterocycles. The molecule has 0 spiro atoms. The molecule has 1 aromatic rings. The lowest BCUT2D eigenvalue weighted by Gasteiger charge is -2.20. The van der Waals surface area contributed by atoms with Gasteiger partial charge in [-0.1, -0.05) is 57.9 Å². The normalized spacial score (nSPS) is 15.0. The van der Waals surface area contributed by atoms with E-state index < -0.39 is 0 Å². The van der Waals surface area contributed by atoms with E-state index in [1.165, 1.54) is 44.9 Å². The second-order valence-corrected chi connectivity index (χ2v) is 6.31. The zero-order valence-corrected chi connectivity index (χ0v) is 13.8. The predicted octanol–water partition coefficient (Wildman–Crippen LogP) is 5.88. The maximum atomic E-state index is 6.51. The molecule has 0 N–H and O–H groups in total. The number of rotatable bonds is 9. The van der Waals surface area contributed by atoms with Crippen LogP contribution in [0.3, 0.4) is 0 Å². The van der Waals surface area contributed by atoms with Gasteiger partial charge in [0.25, 0.3) is 0 Å². The van der Waals surface area contributed by atoms with Crippen LogP contribution < -0.4 is 9.47 Å². The van der Waals surface area contributed by atoms with E-state index >= 15 is 0 Å². The van der Waals surface area contributed by atoms with Crippen LogP contribution in [-0.4, -0.2) is 13.2 Å². The van der Waals surface area contributed by atoms with Gasteiger partial charge in [-0.05, 0) is 24.1 Å². The summed E-state index contributed by atoms with van der Waals surface area (Å²) >= 11 is 6.51. The summed E-state index contributed by atoms with van der Waals surface area (Å²) in [6.45, 7) is 3.52. The fourth-order valence-corrected chi connectivity index (χ4v) is 2.99. The molecule has 118 valence electrons. The van der Waals surface area contributed by atoms with Crippen molar-refractivity contribution in [3.8, 4) is 11.5 Å². The lowest BCUT2D eigenvalue weighted by atomic mass is 10.0. The van der Waals surface area contributed by atoms with E-state index in [4.69, 9.17) is 21.1 Å². The average molecular weight is 311 g/mol. The molecule has 2 rings (SSSR count). The Kier molecular flexibility index (Phi) is 7.21. The molecule has 0 saturated carbocycles. The second-order valence-electron chi connectivity index (χ2n) is 5.78. The Hall–Kier alpha value is -0.890. The first kappa shape index (κ1) is 16.5. The highest BCUT2D eigenvalue weighted by Gasteiger charge is 2.15. The van der Waals surface area contributed by atoms with Crippen LogP contribution in [-0.2, 0) is 0 Å². The molecule has 3 heteroatoms. The van der Waals surface area contributed by atoms with Crippen molar-refractivity contribution in [2.75, 3.05) is 13.2 Å². The Labute approximate surface area is 133 Å². The summed E-state index contributed by atoms with van der Waals surface area (Å²) in [7, 11) is 0. The largest absolute Gasteiger partial charge is 0.486 e. The lowest BCUT2D eigenvalue weighted by molar-refractivity contribution is 0.171. The molecule has 0 amide bonds. The molecule has 1 unspecified atom stereocenters. The molecule has 0 radical (unpaired) electrons. The first-order chi connectivity index (χ1) is 10.3. The van der Waals surface area contributed by atoms with Gasteiger partial charge < -0.3 is 9.47 Å². The number of ether oxygens (including phenoxy) is 2. The molecule has 0 saturated heterocycles. The zero-order chi connectivity index (χ0) is 14.9.